The summed E-state index contributed by atoms with van der Waals surface area (Å²) >= 11 is 0. The summed E-state index contributed by atoms with van der Waals surface area (Å²) in [4.78, 5) is 27.9. The number of ether oxygens (including phenoxy) is 1. The molecule has 0 unspecified atom stereocenters. The van der Waals surface area contributed by atoms with Crippen LogP contribution in [0.1, 0.15) is 30.1 Å². The van der Waals surface area contributed by atoms with Crippen LogP contribution in [0.3, 0.4) is 0 Å². The molecule has 0 radical (unpaired) electrons. The molecule has 2 rings (SSSR count). The molecular weight excluding hydrogens is 294 g/mol. The Morgan fingerprint density at radius 1 is 1.30 bits per heavy atom. The molecule has 1 N–H and O–H groups in total. The van der Waals surface area contributed by atoms with E-state index < -0.39 is 0 Å². The zero-order valence-corrected chi connectivity index (χ0v) is 14.0. The van der Waals surface area contributed by atoms with Gasteiger partial charge in [-0.15, -0.1) is 0 Å². The number of hydrogen-bond donors (Lipinski definition) is 1. The number of carbonyl (C=O) groups is 2. The van der Waals surface area contributed by atoms with Crippen LogP contribution in [0.15, 0.2) is 24.3 Å². The highest BCUT2D eigenvalue weighted by Crippen LogP contribution is 2.18. The number of alkyl carbamates (subject to hydrolysis) is 1. The van der Waals surface area contributed by atoms with Gasteiger partial charge < -0.3 is 19.9 Å². The fourth-order valence-electron chi connectivity index (χ4n) is 2.67. The molecule has 1 aromatic carbocycles. The normalized spacial score (nSPS) is 15.2. The number of benzene rings is 1. The number of amides is 2. The van der Waals surface area contributed by atoms with Crippen LogP contribution in [-0.4, -0.2) is 56.7 Å². The van der Waals surface area contributed by atoms with Gasteiger partial charge in [0.05, 0.1) is 6.61 Å². The Labute approximate surface area is 137 Å². The maximum atomic E-state index is 12.6. The largest absolute Gasteiger partial charge is 0.450 e. The molecule has 0 aliphatic carbocycles. The van der Waals surface area contributed by atoms with E-state index in [0.717, 1.165) is 18.5 Å². The van der Waals surface area contributed by atoms with Crippen molar-refractivity contribution in [3.8, 4) is 0 Å². The summed E-state index contributed by atoms with van der Waals surface area (Å²) in [6, 6.07) is 7.71. The molecule has 1 fully saturated rings. The van der Waals surface area contributed by atoms with E-state index in [1.165, 1.54) is 0 Å². The third kappa shape index (κ3) is 4.61. The zero-order valence-electron chi connectivity index (χ0n) is 14.0. The zero-order chi connectivity index (χ0) is 16.8. The smallest absolute Gasteiger partial charge is 0.407 e. The van der Waals surface area contributed by atoms with E-state index in [1.807, 2.05) is 48.2 Å². The first-order chi connectivity index (χ1) is 11.0. The Morgan fingerprint density at radius 2 is 2.00 bits per heavy atom. The standard InChI is InChI=1S/C17H25N3O3/c1-4-23-17(22)18-14-8-10-20(11-9-14)16(21)13-6-5-7-15(12-13)19(2)3/h5-7,12,14H,4,8-11H2,1-3H3,(H,18,22). The summed E-state index contributed by atoms with van der Waals surface area (Å²) < 4.78 is 4.89. The highest BCUT2D eigenvalue weighted by atomic mass is 16.5. The molecule has 1 saturated heterocycles. The van der Waals surface area contributed by atoms with Gasteiger partial charge in [0, 0.05) is 44.5 Å². The lowest BCUT2D eigenvalue weighted by molar-refractivity contribution is 0.0702. The van der Waals surface area contributed by atoms with Gasteiger partial charge in [-0.25, -0.2) is 4.79 Å². The van der Waals surface area contributed by atoms with E-state index in [9.17, 15) is 9.59 Å². The summed E-state index contributed by atoms with van der Waals surface area (Å²) in [6.45, 7) is 3.43. The van der Waals surface area contributed by atoms with Gasteiger partial charge in [0.25, 0.3) is 5.91 Å². The van der Waals surface area contributed by atoms with Crippen LogP contribution in [-0.2, 0) is 4.74 Å². The van der Waals surface area contributed by atoms with E-state index in [2.05, 4.69) is 5.32 Å². The lowest BCUT2D eigenvalue weighted by Gasteiger charge is -2.32. The number of anilines is 1. The van der Waals surface area contributed by atoms with E-state index in [1.54, 1.807) is 6.92 Å². The van der Waals surface area contributed by atoms with Gasteiger partial charge in [-0.1, -0.05) is 6.07 Å². The van der Waals surface area contributed by atoms with Crippen LogP contribution in [0, 0.1) is 0 Å². The van der Waals surface area contributed by atoms with Crippen molar-refractivity contribution < 1.29 is 14.3 Å². The molecule has 6 heteroatoms. The van der Waals surface area contributed by atoms with Crippen LogP contribution >= 0.6 is 0 Å². The first-order valence-corrected chi connectivity index (χ1v) is 8.01. The highest BCUT2D eigenvalue weighted by molar-refractivity contribution is 5.95. The Balaban J connectivity index is 1.91. The van der Waals surface area contributed by atoms with Crippen LogP contribution in [0.2, 0.25) is 0 Å². The van der Waals surface area contributed by atoms with Crippen LogP contribution in [0.5, 0.6) is 0 Å². The number of carbonyl (C=O) groups excluding carboxylic acids is 2. The maximum Gasteiger partial charge on any atom is 0.407 e. The maximum absolute atomic E-state index is 12.6. The minimum Gasteiger partial charge on any atom is -0.450 e. The average molecular weight is 319 g/mol. The highest BCUT2D eigenvalue weighted by Gasteiger charge is 2.25. The minimum atomic E-state index is -0.379. The molecule has 1 aliphatic rings. The summed E-state index contributed by atoms with van der Waals surface area (Å²) in [6.07, 6.45) is 1.12. The van der Waals surface area contributed by atoms with Crippen molar-refractivity contribution in [1.82, 2.24) is 10.2 Å². The van der Waals surface area contributed by atoms with E-state index >= 15 is 0 Å². The van der Waals surface area contributed by atoms with Crippen LogP contribution in [0.25, 0.3) is 0 Å². The molecule has 126 valence electrons. The molecule has 6 nitrogen and oxygen atoms in total. The van der Waals surface area contributed by atoms with Crippen LogP contribution < -0.4 is 10.2 Å². The molecule has 1 heterocycles. The lowest BCUT2D eigenvalue weighted by atomic mass is 10.0. The monoisotopic (exact) mass is 319 g/mol. The Kier molecular flexibility index (Phi) is 5.84. The SMILES string of the molecule is CCOC(=O)NC1CCN(C(=O)c2cccc(N(C)C)c2)CC1. The van der Waals surface area contributed by atoms with Gasteiger partial charge in [0.2, 0.25) is 0 Å². The number of hydrogen-bond acceptors (Lipinski definition) is 4. The predicted molar refractivity (Wildman–Crippen MR) is 89.9 cm³/mol. The van der Waals surface area contributed by atoms with Gasteiger partial charge in [0.15, 0.2) is 0 Å². The summed E-state index contributed by atoms with van der Waals surface area (Å²) in [5.41, 5.74) is 1.71. The molecular formula is C17H25N3O3. The third-order valence-electron chi connectivity index (χ3n) is 3.99. The summed E-state index contributed by atoms with van der Waals surface area (Å²) in [5.74, 6) is 0.0447. The van der Waals surface area contributed by atoms with E-state index in [-0.39, 0.29) is 18.0 Å². The molecule has 0 spiro atoms. The van der Waals surface area contributed by atoms with Gasteiger partial charge in [0.1, 0.15) is 0 Å². The lowest BCUT2D eigenvalue weighted by Crippen LogP contribution is -2.46. The number of rotatable bonds is 4. The molecule has 0 aromatic heterocycles. The first-order valence-electron chi connectivity index (χ1n) is 8.01. The second-order valence-electron chi connectivity index (χ2n) is 5.88. The molecule has 23 heavy (non-hydrogen) atoms. The topological polar surface area (TPSA) is 61.9 Å². The molecule has 0 saturated carbocycles. The second kappa shape index (κ2) is 7.85. The van der Waals surface area contributed by atoms with Crippen molar-refractivity contribution in [3.05, 3.63) is 29.8 Å². The predicted octanol–water partition coefficient (Wildman–Crippen LogP) is 2.10. The van der Waals surface area contributed by atoms with Crippen molar-refractivity contribution in [3.63, 3.8) is 0 Å². The average Bonchev–Trinajstić information content (AvgIpc) is 2.55. The van der Waals surface area contributed by atoms with Gasteiger partial charge in [-0.05, 0) is 38.0 Å². The fourth-order valence-corrected chi connectivity index (χ4v) is 2.67. The van der Waals surface area contributed by atoms with Crippen molar-refractivity contribution in [2.45, 2.75) is 25.8 Å². The summed E-state index contributed by atoms with van der Waals surface area (Å²) in [7, 11) is 3.91. The molecule has 1 aliphatic heterocycles. The number of likely N-dealkylation sites (tertiary alicyclic amines) is 1. The van der Waals surface area contributed by atoms with Crippen molar-refractivity contribution in [1.29, 1.82) is 0 Å². The number of nitrogens with zero attached hydrogens (tertiary/aromatic N) is 2. The second-order valence-corrected chi connectivity index (χ2v) is 5.88. The number of nitrogens with one attached hydrogen (secondary N) is 1. The molecule has 0 bridgehead atoms. The Morgan fingerprint density at radius 3 is 2.61 bits per heavy atom. The quantitative estimate of drug-likeness (QED) is 0.923. The van der Waals surface area contributed by atoms with Crippen molar-refractivity contribution in [2.24, 2.45) is 0 Å². The fraction of sp³-hybridized carbons (Fsp3) is 0.529. The van der Waals surface area contributed by atoms with Gasteiger partial charge in [-0.3, -0.25) is 4.79 Å². The van der Waals surface area contributed by atoms with Gasteiger partial charge in [-0.2, -0.15) is 0 Å². The van der Waals surface area contributed by atoms with Crippen molar-refractivity contribution >= 4 is 17.7 Å². The first kappa shape index (κ1) is 17.1. The molecule has 1 aromatic rings. The Bertz CT molecular complexity index is 552. The molecule has 0 atom stereocenters. The van der Waals surface area contributed by atoms with Crippen LogP contribution in [0.4, 0.5) is 10.5 Å². The van der Waals surface area contributed by atoms with Crippen molar-refractivity contribution in [2.75, 3.05) is 38.7 Å². The number of piperidine rings is 1. The van der Waals surface area contributed by atoms with E-state index in [0.29, 0.717) is 25.3 Å². The molecule has 2 amide bonds. The summed E-state index contributed by atoms with van der Waals surface area (Å²) in [5, 5.41) is 2.84. The minimum absolute atomic E-state index is 0.0447. The van der Waals surface area contributed by atoms with Gasteiger partial charge >= 0.3 is 6.09 Å². The Hall–Kier alpha value is -2.24. The van der Waals surface area contributed by atoms with E-state index in [4.69, 9.17) is 4.74 Å². The third-order valence-corrected chi connectivity index (χ3v) is 3.99.